The summed E-state index contributed by atoms with van der Waals surface area (Å²) in [6, 6.07) is 6.85. The molecule has 1 aliphatic rings. The number of aryl methyl sites for hydroxylation is 1. The van der Waals surface area contributed by atoms with Gasteiger partial charge >= 0.3 is 6.18 Å². The molecule has 2 nitrogen and oxygen atoms in total. The molecule has 5 heteroatoms. The molecule has 1 heterocycles. The Balaban J connectivity index is 2.44. The first kappa shape index (κ1) is 14.2. The Morgan fingerprint density at radius 2 is 1.95 bits per heavy atom. The average Bonchev–Trinajstić information content (AvgIpc) is 2.33. The Hall–Kier alpha value is -2.17. The van der Waals surface area contributed by atoms with Gasteiger partial charge in [-0.25, -0.2) is 0 Å². The molecule has 0 amide bonds. The lowest BCUT2D eigenvalue weighted by atomic mass is 10.1. The summed E-state index contributed by atoms with van der Waals surface area (Å²) < 4.78 is 44.5. The van der Waals surface area contributed by atoms with Crippen molar-refractivity contribution >= 4 is 0 Å². The predicted octanol–water partition coefficient (Wildman–Crippen LogP) is 4.16. The first-order valence-electron chi connectivity index (χ1n) is 5.95. The molecule has 0 spiro atoms. The second-order valence-electron chi connectivity index (χ2n) is 4.53. The van der Waals surface area contributed by atoms with Gasteiger partial charge in [0.15, 0.2) is 5.76 Å². The SMILES string of the molecule is C=C1C(Oc2cccc(C)c2)=C(C(F)(F)F)C=CN1C. The van der Waals surface area contributed by atoms with Crippen molar-refractivity contribution in [2.45, 2.75) is 13.1 Å². The van der Waals surface area contributed by atoms with Gasteiger partial charge in [0, 0.05) is 13.2 Å². The molecule has 106 valence electrons. The fraction of sp³-hybridized carbons (Fsp3) is 0.200. The van der Waals surface area contributed by atoms with Gasteiger partial charge in [0.25, 0.3) is 0 Å². The standard InChI is InChI=1S/C15H14F3NO/c1-10-5-4-6-12(9-10)20-14-11(2)19(3)8-7-13(14)15(16,17)18/h4-9H,2H2,1,3H3. The van der Waals surface area contributed by atoms with E-state index in [1.165, 1.54) is 11.1 Å². The summed E-state index contributed by atoms with van der Waals surface area (Å²) in [6.07, 6.45) is -2.19. The van der Waals surface area contributed by atoms with Crippen molar-refractivity contribution in [2.24, 2.45) is 0 Å². The van der Waals surface area contributed by atoms with Crippen LogP contribution in [0.1, 0.15) is 5.56 Å². The van der Waals surface area contributed by atoms with E-state index in [-0.39, 0.29) is 11.5 Å². The zero-order valence-corrected chi connectivity index (χ0v) is 11.2. The van der Waals surface area contributed by atoms with Crippen LogP contribution < -0.4 is 4.74 Å². The van der Waals surface area contributed by atoms with Gasteiger partial charge in [-0.05, 0) is 30.7 Å². The minimum atomic E-state index is -4.49. The van der Waals surface area contributed by atoms with Crippen molar-refractivity contribution in [1.29, 1.82) is 0 Å². The molecule has 0 atom stereocenters. The largest absolute Gasteiger partial charge is 0.455 e. The van der Waals surface area contributed by atoms with Crippen molar-refractivity contribution in [3.8, 4) is 5.75 Å². The molecule has 1 aromatic rings. The Kier molecular flexibility index (Phi) is 3.61. The van der Waals surface area contributed by atoms with Crippen molar-refractivity contribution < 1.29 is 17.9 Å². The monoisotopic (exact) mass is 281 g/mol. The number of rotatable bonds is 2. The van der Waals surface area contributed by atoms with E-state index in [1.54, 1.807) is 25.2 Å². The van der Waals surface area contributed by atoms with Crippen LogP contribution in [0.3, 0.4) is 0 Å². The quantitative estimate of drug-likeness (QED) is 0.807. The van der Waals surface area contributed by atoms with Gasteiger partial charge in [0.05, 0.1) is 5.70 Å². The second-order valence-corrected chi connectivity index (χ2v) is 4.53. The molecule has 0 aromatic heterocycles. The number of likely N-dealkylation sites (N-methyl/N-ethyl adjacent to an activating group) is 1. The zero-order chi connectivity index (χ0) is 14.9. The topological polar surface area (TPSA) is 12.5 Å². The summed E-state index contributed by atoms with van der Waals surface area (Å²) >= 11 is 0. The fourth-order valence-corrected chi connectivity index (χ4v) is 1.80. The molecule has 0 saturated carbocycles. The number of alkyl halides is 3. The average molecular weight is 281 g/mol. The number of allylic oxidation sites excluding steroid dienone is 2. The lowest BCUT2D eigenvalue weighted by Crippen LogP contribution is -2.25. The van der Waals surface area contributed by atoms with E-state index in [0.717, 1.165) is 11.6 Å². The normalized spacial score (nSPS) is 15.8. The number of benzene rings is 1. The first-order chi connectivity index (χ1) is 9.29. The molecule has 0 fully saturated rings. The Labute approximate surface area is 115 Å². The minimum Gasteiger partial charge on any atom is -0.455 e. The summed E-state index contributed by atoms with van der Waals surface area (Å²) in [5.74, 6) is 0.0831. The van der Waals surface area contributed by atoms with Crippen LogP contribution in [0.25, 0.3) is 0 Å². The van der Waals surface area contributed by atoms with Crippen LogP contribution in [-0.2, 0) is 0 Å². The maximum Gasteiger partial charge on any atom is 0.420 e. The van der Waals surface area contributed by atoms with Crippen molar-refractivity contribution in [1.82, 2.24) is 4.90 Å². The van der Waals surface area contributed by atoms with E-state index < -0.39 is 11.7 Å². The summed E-state index contributed by atoms with van der Waals surface area (Å²) in [7, 11) is 1.62. The van der Waals surface area contributed by atoms with Gasteiger partial charge < -0.3 is 9.64 Å². The molecule has 0 saturated heterocycles. The van der Waals surface area contributed by atoms with Crippen molar-refractivity contribution in [2.75, 3.05) is 7.05 Å². The molecule has 20 heavy (non-hydrogen) atoms. The van der Waals surface area contributed by atoms with Gasteiger partial charge in [-0.15, -0.1) is 0 Å². The van der Waals surface area contributed by atoms with Crippen LogP contribution in [0.2, 0.25) is 0 Å². The van der Waals surface area contributed by atoms with Crippen molar-refractivity contribution in [3.63, 3.8) is 0 Å². The van der Waals surface area contributed by atoms with Crippen LogP contribution in [0.15, 0.2) is 60.1 Å². The molecule has 1 aliphatic heterocycles. The predicted molar refractivity (Wildman–Crippen MR) is 70.9 cm³/mol. The number of nitrogens with zero attached hydrogens (tertiary/aromatic N) is 1. The van der Waals surface area contributed by atoms with E-state index in [4.69, 9.17) is 4.74 Å². The van der Waals surface area contributed by atoms with Crippen LogP contribution in [0.5, 0.6) is 5.75 Å². The third-order valence-corrected chi connectivity index (χ3v) is 2.91. The Morgan fingerprint density at radius 3 is 2.55 bits per heavy atom. The summed E-state index contributed by atoms with van der Waals surface area (Å²) in [6.45, 7) is 5.49. The van der Waals surface area contributed by atoms with Crippen molar-refractivity contribution in [3.05, 3.63) is 65.7 Å². The highest BCUT2D eigenvalue weighted by molar-refractivity contribution is 5.44. The van der Waals surface area contributed by atoms with Crippen LogP contribution >= 0.6 is 0 Å². The highest BCUT2D eigenvalue weighted by Crippen LogP contribution is 2.36. The Bertz CT molecular complexity index is 599. The molecule has 0 aliphatic carbocycles. The van der Waals surface area contributed by atoms with Crippen LogP contribution in [0.4, 0.5) is 13.2 Å². The molecule has 0 radical (unpaired) electrons. The van der Waals surface area contributed by atoms with Gasteiger partial charge in [-0.1, -0.05) is 18.7 Å². The number of hydrogen-bond donors (Lipinski definition) is 0. The third kappa shape index (κ3) is 2.87. The van der Waals surface area contributed by atoms with Gasteiger partial charge in [-0.2, -0.15) is 13.2 Å². The van der Waals surface area contributed by atoms with E-state index in [9.17, 15) is 13.2 Å². The number of ether oxygens (including phenoxy) is 1. The molecule has 0 N–H and O–H groups in total. The van der Waals surface area contributed by atoms with Crippen LogP contribution in [0, 0.1) is 6.92 Å². The minimum absolute atomic E-state index is 0.168. The molecular weight excluding hydrogens is 267 g/mol. The van der Waals surface area contributed by atoms with Crippen LogP contribution in [-0.4, -0.2) is 18.1 Å². The van der Waals surface area contributed by atoms with Gasteiger partial charge in [0.1, 0.15) is 11.3 Å². The van der Waals surface area contributed by atoms with Gasteiger partial charge in [-0.3, -0.25) is 0 Å². The molecule has 0 bridgehead atoms. The number of halogens is 3. The van der Waals surface area contributed by atoms with E-state index in [2.05, 4.69) is 6.58 Å². The number of hydrogen-bond acceptors (Lipinski definition) is 2. The van der Waals surface area contributed by atoms with E-state index >= 15 is 0 Å². The second kappa shape index (κ2) is 5.07. The fourth-order valence-electron chi connectivity index (χ4n) is 1.80. The molecule has 0 unspecified atom stereocenters. The van der Waals surface area contributed by atoms with E-state index in [1.807, 2.05) is 13.0 Å². The summed E-state index contributed by atoms with van der Waals surface area (Å²) in [5.41, 5.74) is 0.241. The summed E-state index contributed by atoms with van der Waals surface area (Å²) in [5, 5.41) is 0. The maximum atomic E-state index is 13.0. The maximum absolute atomic E-state index is 13.0. The Morgan fingerprint density at radius 1 is 1.25 bits per heavy atom. The lowest BCUT2D eigenvalue weighted by Gasteiger charge is -2.27. The third-order valence-electron chi connectivity index (χ3n) is 2.91. The highest BCUT2D eigenvalue weighted by atomic mass is 19.4. The summed E-state index contributed by atoms with van der Waals surface area (Å²) in [4.78, 5) is 1.49. The lowest BCUT2D eigenvalue weighted by molar-refractivity contribution is -0.0908. The smallest absolute Gasteiger partial charge is 0.420 e. The zero-order valence-electron chi connectivity index (χ0n) is 11.2. The molecule has 2 rings (SSSR count). The highest BCUT2D eigenvalue weighted by Gasteiger charge is 2.38. The first-order valence-corrected chi connectivity index (χ1v) is 5.95. The molecule has 1 aromatic carbocycles. The van der Waals surface area contributed by atoms with E-state index in [0.29, 0.717) is 5.75 Å². The molecular formula is C15H14F3NO. The van der Waals surface area contributed by atoms with Gasteiger partial charge in [0.2, 0.25) is 0 Å².